The Morgan fingerprint density at radius 1 is 1.10 bits per heavy atom. The average molecular weight is 332 g/mol. The Kier molecular flexibility index (Phi) is 3.14. The smallest absolute Gasteiger partial charge is 0.112 e. The zero-order valence-electron chi connectivity index (χ0n) is 11.4. The van der Waals surface area contributed by atoms with Crippen LogP contribution >= 0.6 is 15.9 Å². The fourth-order valence-electron chi connectivity index (χ4n) is 2.74. The van der Waals surface area contributed by atoms with Gasteiger partial charge in [-0.3, -0.25) is 9.97 Å². The fraction of sp³-hybridized carbons (Fsp3) is 0.500. The van der Waals surface area contributed by atoms with Crippen LogP contribution in [-0.4, -0.2) is 23.1 Å². The van der Waals surface area contributed by atoms with Crippen molar-refractivity contribution in [3.8, 4) is 0 Å². The lowest BCUT2D eigenvalue weighted by molar-refractivity contribution is 0.680. The van der Waals surface area contributed by atoms with Gasteiger partial charge >= 0.3 is 0 Å². The molecule has 0 amide bonds. The fourth-order valence-corrected chi connectivity index (χ4v) is 3.06. The van der Waals surface area contributed by atoms with Gasteiger partial charge in [-0.2, -0.15) is 0 Å². The molecule has 0 radical (unpaired) electrons. The molecule has 0 bridgehead atoms. The van der Waals surface area contributed by atoms with Crippen LogP contribution in [0.1, 0.15) is 25.7 Å². The zero-order valence-corrected chi connectivity index (χ0v) is 13.0. The summed E-state index contributed by atoms with van der Waals surface area (Å²) in [5.74, 6) is 1.79. The van der Waals surface area contributed by atoms with Crippen molar-refractivity contribution in [2.24, 2.45) is 11.8 Å². The summed E-state index contributed by atoms with van der Waals surface area (Å²) < 4.78 is 0.991. The van der Waals surface area contributed by atoms with Crippen molar-refractivity contribution in [2.45, 2.75) is 25.7 Å². The lowest BCUT2D eigenvalue weighted by Gasteiger charge is -2.25. The van der Waals surface area contributed by atoms with Crippen LogP contribution in [0.3, 0.4) is 0 Å². The molecule has 3 nitrogen and oxygen atoms in total. The first-order chi connectivity index (χ1) is 9.79. The first-order valence-corrected chi connectivity index (χ1v) is 8.24. The van der Waals surface area contributed by atoms with E-state index in [4.69, 9.17) is 0 Å². The molecule has 2 aromatic heterocycles. The van der Waals surface area contributed by atoms with Gasteiger partial charge in [0.15, 0.2) is 0 Å². The topological polar surface area (TPSA) is 29.0 Å². The highest BCUT2D eigenvalue weighted by atomic mass is 79.9. The highest BCUT2D eigenvalue weighted by molar-refractivity contribution is 9.10. The van der Waals surface area contributed by atoms with Crippen molar-refractivity contribution in [1.82, 2.24) is 9.97 Å². The van der Waals surface area contributed by atoms with E-state index in [0.29, 0.717) is 0 Å². The molecule has 2 fully saturated rings. The molecule has 2 aliphatic carbocycles. The van der Waals surface area contributed by atoms with Gasteiger partial charge in [0.25, 0.3) is 0 Å². The van der Waals surface area contributed by atoms with Crippen LogP contribution in [0.4, 0.5) is 5.69 Å². The summed E-state index contributed by atoms with van der Waals surface area (Å²) in [4.78, 5) is 11.6. The number of aromatic nitrogens is 2. The molecular formula is C16H18BrN3. The maximum Gasteiger partial charge on any atom is 0.112 e. The van der Waals surface area contributed by atoms with E-state index in [-0.39, 0.29) is 0 Å². The highest BCUT2D eigenvalue weighted by Crippen LogP contribution is 2.37. The molecule has 4 heteroatoms. The molecule has 104 valence electrons. The molecular weight excluding hydrogens is 314 g/mol. The summed E-state index contributed by atoms with van der Waals surface area (Å²) in [7, 11) is 0. The molecule has 2 saturated carbocycles. The predicted octanol–water partition coefficient (Wildman–Crippen LogP) is 4.02. The molecule has 2 aromatic rings. The Bertz CT molecular complexity index is 621. The lowest BCUT2D eigenvalue weighted by atomic mass is 10.2. The summed E-state index contributed by atoms with van der Waals surface area (Å²) in [5.41, 5.74) is 3.28. The van der Waals surface area contributed by atoms with E-state index in [1.165, 1.54) is 44.5 Å². The summed E-state index contributed by atoms with van der Waals surface area (Å²) in [6, 6.07) is 4.19. The number of hydrogen-bond acceptors (Lipinski definition) is 3. The molecule has 2 aliphatic rings. The van der Waals surface area contributed by atoms with Gasteiger partial charge in [0.05, 0.1) is 11.2 Å². The Morgan fingerprint density at radius 2 is 1.80 bits per heavy atom. The molecule has 0 saturated heterocycles. The number of pyridine rings is 2. The van der Waals surface area contributed by atoms with Gasteiger partial charge in [0.1, 0.15) is 5.52 Å². The van der Waals surface area contributed by atoms with E-state index in [1.807, 2.05) is 12.4 Å². The number of nitrogens with zero attached hydrogens (tertiary/aromatic N) is 3. The van der Waals surface area contributed by atoms with Gasteiger partial charge in [0.2, 0.25) is 0 Å². The summed E-state index contributed by atoms with van der Waals surface area (Å²) in [6.07, 6.45) is 9.36. The van der Waals surface area contributed by atoms with Crippen molar-refractivity contribution >= 4 is 32.7 Å². The standard InChI is InChI=1S/C16H18BrN3/c17-13-7-14-16(19-8-13)15(5-6-18-14)20(9-11-1-2-11)10-12-3-4-12/h5-8,11-12H,1-4,9-10H2. The Hall–Kier alpha value is -1.16. The van der Waals surface area contributed by atoms with Gasteiger partial charge in [-0.05, 0) is 65.6 Å². The second-order valence-electron chi connectivity index (χ2n) is 6.14. The molecule has 0 N–H and O–H groups in total. The van der Waals surface area contributed by atoms with Crippen molar-refractivity contribution in [3.05, 3.63) is 29.0 Å². The normalized spacial score (nSPS) is 18.4. The lowest BCUT2D eigenvalue weighted by Crippen LogP contribution is -2.28. The quantitative estimate of drug-likeness (QED) is 0.828. The Balaban J connectivity index is 1.72. The van der Waals surface area contributed by atoms with Gasteiger partial charge < -0.3 is 4.90 Å². The maximum atomic E-state index is 4.61. The SMILES string of the molecule is Brc1cnc2c(N(CC3CC3)CC3CC3)ccnc2c1. The number of hydrogen-bond donors (Lipinski definition) is 0. The van der Waals surface area contributed by atoms with Crippen molar-refractivity contribution in [1.29, 1.82) is 0 Å². The highest BCUT2D eigenvalue weighted by Gasteiger charge is 2.30. The van der Waals surface area contributed by atoms with Crippen LogP contribution in [0.2, 0.25) is 0 Å². The van der Waals surface area contributed by atoms with Crippen LogP contribution < -0.4 is 4.90 Å². The van der Waals surface area contributed by atoms with E-state index < -0.39 is 0 Å². The largest absolute Gasteiger partial charge is 0.369 e. The van der Waals surface area contributed by atoms with Crippen LogP contribution in [0.5, 0.6) is 0 Å². The third-order valence-corrected chi connectivity index (χ3v) is 4.65. The van der Waals surface area contributed by atoms with Gasteiger partial charge in [-0.1, -0.05) is 0 Å². The van der Waals surface area contributed by atoms with Crippen LogP contribution in [0.25, 0.3) is 11.0 Å². The number of rotatable bonds is 5. The summed E-state index contributed by atoms with van der Waals surface area (Å²) >= 11 is 3.48. The first-order valence-electron chi connectivity index (χ1n) is 7.45. The summed E-state index contributed by atoms with van der Waals surface area (Å²) in [6.45, 7) is 2.38. The molecule has 4 rings (SSSR count). The van der Waals surface area contributed by atoms with E-state index in [9.17, 15) is 0 Å². The molecule has 20 heavy (non-hydrogen) atoms. The third-order valence-electron chi connectivity index (χ3n) is 4.21. The number of fused-ring (bicyclic) bond motifs is 1. The third kappa shape index (κ3) is 2.66. The molecule has 0 spiro atoms. The van der Waals surface area contributed by atoms with E-state index >= 15 is 0 Å². The maximum absolute atomic E-state index is 4.61. The van der Waals surface area contributed by atoms with E-state index in [2.05, 4.69) is 42.9 Å². The van der Waals surface area contributed by atoms with Crippen molar-refractivity contribution in [2.75, 3.05) is 18.0 Å². The molecule has 0 atom stereocenters. The van der Waals surface area contributed by atoms with E-state index in [0.717, 1.165) is 27.3 Å². The zero-order chi connectivity index (χ0) is 13.5. The van der Waals surface area contributed by atoms with E-state index in [1.54, 1.807) is 0 Å². The van der Waals surface area contributed by atoms with Crippen molar-refractivity contribution in [3.63, 3.8) is 0 Å². The van der Waals surface area contributed by atoms with Crippen LogP contribution in [0.15, 0.2) is 29.0 Å². The Labute approximate surface area is 127 Å². The predicted molar refractivity (Wildman–Crippen MR) is 84.9 cm³/mol. The second-order valence-corrected chi connectivity index (χ2v) is 7.06. The van der Waals surface area contributed by atoms with Crippen LogP contribution in [0, 0.1) is 11.8 Å². The number of halogens is 1. The second kappa shape index (κ2) is 4.99. The number of anilines is 1. The minimum Gasteiger partial charge on any atom is -0.369 e. The summed E-state index contributed by atoms with van der Waals surface area (Å²) in [5, 5.41) is 0. The van der Waals surface area contributed by atoms with Crippen LogP contribution in [-0.2, 0) is 0 Å². The molecule has 0 unspecified atom stereocenters. The van der Waals surface area contributed by atoms with Gasteiger partial charge in [0, 0.05) is 30.0 Å². The Morgan fingerprint density at radius 3 is 2.45 bits per heavy atom. The molecule has 0 aromatic carbocycles. The van der Waals surface area contributed by atoms with Gasteiger partial charge in [-0.15, -0.1) is 0 Å². The first kappa shape index (κ1) is 12.6. The average Bonchev–Trinajstić information content (AvgIpc) is 3.32. The molecule has 2 heterocycles. The minimum absolute atomic E-state index is 0.896. The monoisotopic (exact) mass is 331 g/mol. The van der Waals surface area contributed by atoms with Crippen molar-refractivity contribution < 1.29 is 0 Å². The molecule has 0 aliphatic heterocycles. The minimum atomic E-state index is 0.896. The van der Waals surface area contributed by atoms with Gasteiger partial charge in [-0.25, -0.2) is 0 Å².